The fourth-order valence-electron chi connectivity index (χ4n) is 1.30. The molecule has 64 valence electrons. The zero-order valence-corrected chi connectivity index (χ0v) is 8.84. The lowest BCUT2D eigenvalue weighted by atomic mass is 10.1. The SMILES string of the molecule is CC1CC(CCCI)OC1=O. The lowest BCUT2D eigenvalue weighted by molar-refractivity contribution is -0.144. The van der Waals surface area contributed by atoms with Crippen LogP contribution in [0.2, 0.25) is 0 Å². The molecule has 0 saturated carbocycles. The molecule has 0 aromatic carbocycles. The molecule has 0 aromatic rings. The first kappa shape index (κ1) is 9.29. The Morgan fingerprint density at radius 1 is 1.73 bits per heavy atom. The van der Waals surface area contributed by atoms with E-state index in [1.165, 1.54) is 0 Å². The molecule has 3 heteroatoms. The van der Waals surface area contributed by atoms with Crippen molar-refractivity contribution >= 4 is 28.6 Å². The largest absolute Gasteiger partial charge is 0.462 e. The molecule has 1 saturated heterocycles. The molecule has 1 heterocycles. The van der Waals surface area contributed by atoms with Gasteiger partial charge in [0.1, 0.15) is 6.10 Å². The average Bonchev–Trinajstić information content (AvgIpc) is 2.28. The Bertz CT molecular complexity index is 147. The highest BCUT2D eigenvalue weighted by Crippen LogP contribution is 2.23. The van der Waals surface area contributed by atoms with E-state index in [1.54, 1.807) is 0 Å². The minimum atomic E-state index is -0.0107. The second-order valence-corrected chi connectivity index (χ2v) is 4.11. The number of carbonyl (C=O) groups excluding carboxylic acids is 1. The molecule has 1 aliphatic rings. The van der Waals surface area contributed by atoms with Gasteiger partial charge in [-0.3, -0.25) is 4.79 Å². The van der Waals surface area contributed by atoms with Gasteiger partial charge in [0, 0.05) is 0 Å². The Balaban J connectivity index is 2.24. The third kappa shape index (κ3) is 2.61. The van der Waals surface area contributed by atoms with Crippen LogP contribution in [0.15, 0.2) is 0 Å². The first-order valence-electron chi connectivity index (χ1n) is 4.00. The molecule has 0 aromatic heterocycles. The highest BCUT2D eigenvalue weighted by molar-refractivity contribution is 14.1. The molecule has 0 spiro atoms. The number of hydrogen-bond acceptors (Lipinski definition) is 2. The van der Waals surface area contributed by atoms with Crippen LogP contribution in [0.5, 0.6) is 0 Å². The molecular weight excluding hydrogens is 255 g/mol. The molecule has 0 N–H and O–H groups in total. The predicted octanol–water partition coefficient (Wildman–Crippen LogP) is 2.15. The standard InChI is InChI=1S/C8H13IO2/c1-6-5-7(3-2-4-9)11-8(6)10/h6-7H,2-5H2,1H3. The van der Waals surface area contributed by atoms with Gasteiger partial charge in [0.15, 0.2) is 0 Å². The van der Waals surface area contributed by atoms with E-state index in [2.05, 4.69) is 22.6 Å². The van der Waals surface area contributed by atoms with Crippen molar-refractivity contribution in [1.82, 2.24) is 0 Å². The van der Waals surface area contributed by atoms with E-state index in [0.29, 0.717) is 0 Å². The quantitative estimate of drug-likeness (QED) is 0.445. The highest BCUT2D eigenvalue weighted by Gasteiger charge is 2.29. The summed E-state index contributed by atoms with van der Waals surface area (Å²) >= 11 is 2.34. The molecule has 1 aliphatic heterocycles. The maximum Gasteiger partial charge on any atom is 0.309 e. The van der Waals surface area contributed by atoms with Crippen LogP contribution in [0.1, 0.15) is 26.2 Å². The predicted molar refractivity (Wildman–Crippen MR) is 51.8 cm³/mol. The molecule has 0 aliphatic carbocycles. The maximum atomic E-state index is 10.9. The van der Waals surface area contributed by atoms with Gasteiger partial charge in [-0.15, -0.1) is 0 Å². The smallest absolute Gasteiger partial charge is 0.309 e. The van der Waals surface area contributed by atoms with E-state index in [4.69, 9.17) is 4.74 Å². The fraction of sp³-hybridized carbons (Fsp3) is 0.875. The van der Waals surface area contributed by atoms with E-state index >= 15 is 0 Å². The summed E-state index contributed by atoms with van der Waals surface area (Å²) in [7, 11) is 0. The van der Waals surface area contributed by atoms with E-state index in [1.807, 2.05) is 6.92 Å². The number of alkyl halides is 1. The summed E-state index contributed by atoms with van der Waals surface area (Å²) < 4.78 is 6.29. The summed E-state index contributed by atoms with van der Waals surface area (Å²) in [5, 5.41) is 0. The Labute approximate surface area is 80.8 Å². The van der Waals surface area contributed by atoms with Crippen molar-refractivity contribution in [2.75, 3.05) is 4.43 Å². The Kier molecular flexibility index (Phi) is 3.62. The summed E-state index contributed by atoms with van der Waals surface area (Å²) in [6.45, 7) is 1.94. The summed E-state index contributed by atoms with van der Waals surface area (Å²) in [5.74, 6) is 0.123. The van der Waals surface area contributed by atoms with Crippen LogP contribution in [0, 0.1) is 5.92 Å². The van der Waals surface area contributed by atoms with Crippen molar-refractivity contribution in [3.63, 3.8) is 0 Å². The van der Waals surface area contributed by atoms with Gasteiger partial charge in [0.25, 0.3) is 0 Å². The van der Waals surface area contributed by atoms with Crippen molar-refractivity contribution in [3.8, 4) is 0 Å². The van der Waals surface area contributed by atoms with Crippen LogP contribution >= 0.6 is 22.6 Å². The molecule has 2 atom stereocenters. The number of ether oxygens (including phenoxy) is 1. The summed E-state index contributed by atoms with van der Waals surface area (Å²) in [6, 6.07) is 0. The zero-order chi connectivity index (χ0) is 8.27. The van der Waals surface area contributed by atoms with E-state index < -0.39 is 0 Å². The molecule has 0 bridgehead atoms. The lowest BCUT2D eigenvalue weighted by Gasteiger charge is -2.05. The third-order valence-corrected chi connectivity index (χ3v) is 2.72. The van der Waals surface area contributed by atoms with Gasteiger partial charge in [0.05, 0.1) is 5.92 Å². The van der Waals surface area contributed by atoms with Crippen molar-refractivity contribution < 1.29 is 9.53 Å². The van der Waals surface area contributed by atoms with Gasteiger partial charge in [-0.1, -0.05) is 29.5 Å². The Morgan fingerprint density at radius 3 is 2.91 bits per heavy atom. The van der Waals surface area contributed by atoms with Gasteiger partial charge in [0.2, 0.25) is 0 Å². The zero-order valence-electron chi connectivity index (χ0n) is 6.68. The van der Waals surface area contributed by atoms with Gasteiger partial charge >= 0.3 is 5.97 Å². The van der Waals surface area contributed by atoms with Gasteiger partial charge in [-0.25, -0.2) is 0 Å². The minimum absolute atomic E-state index is 0.0107. The first-order valence-corrected chi connectivity index (χ1v) is 5.53. The lowest BCUT2D eigenvalue weighted by Crippen LogP contribution is -2.06. The van der Waals surface area contributed by atoms with Crippen LogP contribution in [-0.2, 0) is 9.53 Å². The van der Waals surface area contributed by atoms with E-state index in [0.717, 1.165) is 23.7 Å². The Hall–Kier alpha value is 0.200. The molecule has 0 radical (unpaired) electrons. The number of rotatable bonds is 3. The fourth-order valence-corrected chi connectivity index (χ4v) is 1.74. The second kappa shape index (κ2) is 4.28. The third-order valence-electron chi connectivity index (χ3n) is 1.96. The van der Waals surface area contributed by atoms with Crippen molar-refractivity contribution in [3.05, 3.63) is 0 Å². The van der Waals surface area contributed by atoms with Crippen molar-refractivity contribution in [1.29, 1.82) is 0 Å². The average molecular weight is 268 g/mol. The number of esters is 1. The number of halogens is 1. The monoisotopic (exact) mass is 268 g/mol. The minimum Gasteiger partial charge on any atom is -0.462 e. The molecule has 1 fully saturated rings. The number of carbonyl (C=O) groups is 1. The van der Waals surface area contributed by atoms with Crippen LogP contribution < -0.4 is 0 Å². The number of cyclic esters (lactones) is 1. The van der Waals surface area contributed by atoms with Crippen molar-refractivity contribution in [2.24, 2.45) is 5.92 Å². The van der Waals surface area contributed by atoms with Gasteiger partial charge in [-0.05, 0) is 23.7 Å². The molecule has 2 unspecified atom stereocenters. The van der Waals surface area contributed by atoms with Crippen LogP contribution in [-0.4, -0.2) is 16.5 Å². The van der Waals surface area contributed by atoms with Gasteiger partial charge < -0.3 is 4.74 Å². The molecule has 11 heavy (non-hydrogen) atoms. The summed E-state index contributed by atoms with van der Waals surface area (Å²) in [5.41, 5.74) is 0. The van der Waals surface area contributed by atoms with E-state index in [9.17, 15) is 4.79 Å². The van der Waals surface area contributed by atoms with Crippen LogP contribution in [0.4, 0.5) is 0 Å². The summed E-state index contributed by atoms with van der Waals surface area (Å²) in [4.78, 5) is 10.9. The van der Waals surface area contributed by atoms with Crippen LogP contribution in [0.25, 0.3) is 0 Å². The second-order valence-electron chi connectivity index (χ2n) is 3.03. The molecule has 2 nitrogen and oxygen atoms in total. The maximum absolute atomic E-state index is 10.9. The molecule has 0 amide bonds. The van der Waals surface area contributed by atoms with Gasteiger partial charge in [-0.2, -0.15) is 0 Å². The topological polar surface area (TPSA) is 26.3 Å². The summed E-state index contributed by atoms with van der Waals surface area (Å²) in [6.07, 6.45) is 3.34. The normalized spacial score (nSPS) is 30.5. The molecule has 1 rings (SSSR count). The van der Waals surface area contributed by atoms with Crippen LogP contribution in [0.3, 0.4) is 0 Å². The Morgan fingerprint density at radius 2 is 2.45 bits per heavy atom. The number of hydrogen-bond donors (Lipinski definition) is 0. The van der Waals surface area contributed by atoms with E-state index in [-0.39, 0.29) is 18.0 Å². The highest BCUT2D eigenvalue weighted by atomic mass is 127. The first-order chi connectivity index (χ1) is 5.24. The molecular formula is C8H13IO2. The van der Waals surface area contributed by atoms with Crippen molar-refractivity contribution in [2.45, 2.75) is 32.3 Å².